The zero-order valence-corrected chi connectivity index (χ0v) is 17.1. The lowest BCUT2D eigenvalue weighted by Crippen LogP contribution is -2.26. The van der Waals surface area contributed by atoms with E-state index in [4.69, 9.17) is 16.1 Å². The second-order valence-electron chi connectivity index (χ2n) is 6.71. The maximum Gasteiger partial charge on any atom is 0.288 e. The summed E-state index contributed by atoms with van der Waals surface area (Å²) >= 11 is 5.80. The van der Waals surface area contributed by atoms with E-state index in [1.54, 1.807) is 18.0 Å². The molecule has 0 unspecified atom stereocenters. The Kier molecular flexibility index (Phi) is 6.98. The Morgan fingerprint density at radius 1 is 1.23 bits per heavy atom. The minimum absolute atomic E-state index is 0.0587. The quantitative estimate of drug-likeness (QED) is 0.287. The first kappa shape index (κ1) is 21.3. The molecule has 1 amide bonds. The van der Waals surface area contributed by atoms with E-state index in [-0.39, 0.29) is 16.6 Å². The van der Waals surface area contributed by atoms with Gasteiger partial charge in [-0.3, -0.25) is 14.9 Å². The molecule has 154 valence electrons. The van der Waals surface area contributed by atoms with E-state index >= 15 is 0 Å². The SMILES string of the molecule is CN(CCCc1cc(-c2ccccc2)no1)C(=O)/C=C/c1ccc(Cl)c([N+](=O)[O-])c1. The summed E-state index contributed by atoms with van der Waals surface area (Å²) in [6.07, 6.45) is 4.29. The van der Waals surface area contributed by atoms with E-state index < -0.39 is 4.92 Å². The van der Waals surface area contributed by atoms with Crippen molar-refractivity contribution >= 4 is 29.3 Å². The summed E-state index contributed by atoms with van der Waals surface area (Å²) in [6, 6.07) is 16.1. The van der Waals surface area contributed by atoms with Crippen molar-refractivity contribution in [2.24, 2.45) is 0 Å². The molecule has 0 N–H and O–H groups in total. The van der Waals surface area contributed by atoms with Gasteiger partial charge in [0.25, 0.3) is 5.69 Å². The number of aromatic nitrogens is 1. The summed E-state index contributed by atoms with van der Waals surface area (Å²) in [7, 11) is 1.70. The van der Waals surface area contributed by atoms with Crippen LogP contribution in [0, 0.1) is 10.1 Å². The number of nitrogens with zero attached hydrogens (tertiary/aromatic N) is 3. The molecular formula is C22H20ClN3O4. The van der Waals surface area contributed by atoms with E-state index in [2.05, 4.69) is 5.16 Å². The molecule has 2 aromatic carbocycles. The van der Waals surface area contributed by atoms with Gasteiger partial charge in [-0.15, -0.1) is 0 Å². The number of hydrogen-bond acceptors (Lipinski definition) is 5. The molecule has 0 saturated heterocycles. The highest BCUT2D eigenvalue weighted by atomic mass is 35.5. The zero-order chi connectivity index (χ0) is 21.5. The molecule has 0 atom stereocenters. The molecule has 1 heterocycles. The highest BCUT2D eigenvalue weighted by molar-refractivity contribution is 6.32. The molecule has 0 aliphatic rings. The molecule has 0 radical (unpaired) electrons. The molecular weight excluding hydrogens is 406 g/mol. The largest absolute Gasteiger partial charge is 0.361 e. The summed E-state index contributed by atoms with van der Waals surface area (Å²) in [4.78, 5) is 24.2. The smallest absolute Gasteiger partial charge is 0.288 e. The van der Waals surface area contributed by atoms with Crippen molar-refractivity contribution in [3.05, 3.63) is 87.1 Å². The van der Waals surface area contributed by atoms with Crippen LogP contribution in [0.5, 0.6) is 0 Å². The Balaban J connectivity index is 1.50. The average Bonchev–Trinajstić information content (AvgIpc) is 3.22. The summed E-state index contributed by atoms with van der Waals surface area (Å²) in [5, 5.41) is 15.1. The number of halogens is 1. The van der Waals surface area contributed by atoms with Crippen LogP contribution in [0.3, 0.4) is 0 Å². The minimum atomic E-state index is -0.555. The third kappa shape index (κ3) is 5.55. The van der Waals surface area contributed by atoms with Gasteiger partial charge in [-0.05, 0) is 24.1 Å². The Bertz CT molecular complexity index is 1060. The van der Waals surface area contributed by atoms with Gasteiger partial charge in [0.1, 0.15) is 16.5 Å². The fraction of sp³-hybridized carbons (Fsp3) is 0.182. The molecule has 0 spiro atoms. The Labute approximate surface area is 178 Å². The van der Waals surface area contributed by atoms with E-state index in [0.29, 0.717) is 24.9 Å². The van der Waals surface area contributed by atoms with Crippen LogP contribution in [0.1, 0.15) is 17.7 Å². The van der Waals surface area contributed by atoms with Crippen LogP contribution in [-0.4, -0.2) is 34.5 Å². The second-order valence-corrected chi connectivity index (χ2v) is 7.12. The van der Waals surface area contributed by atoms with Crippen LogP contribution in [-0.2, 0) is 11.2 Å². The van der Waals surface area contributed by atoms with E-state index in [0.717, 1.165) is 17.0 Å². The summed E-state index contributed by atoms with van der Waals surface area (Å²) in [5.41, 5.74) is 2.12. The molecule has 0 saturated carbocycles. The average molecular weight is 426 g/mol. The molecule has 3 aromatic rings. The number of hydrogen-bond donors (Lipinski definition) is 0. The van der Waals surface area contributed by atoms with Gasteiger partial charge in [-0.2, -0.15) is 0 Å². The maximum absolute atomic E-state index is 12.3. The lowest BCUT2D eigenvalue weighted by Gasteiger charge is -2.14. The molecule has 30 heavy (non-hydrogen) atoms. The minimum Gasteiger partial charge on any atom is -0.361 e. The number of benzene rings is 2. The molecule has 7 nitrogen and oxygen atoms in total. The van der Waals surface area contributed by atoms with Gasteiger partial charge in [-0.1, -0.05) is 53.2 Å². The van der Waals surface area contributed by atoms with Crippen LogP contribution >= 0.6 is 11.6 Å². The molecule has 0 fully saturated rings. The van der Waals surface area contributed by atoms with Crippen LogP contribution in [0.4, 0.5) is 5.69 Å². The van der Waals surface area contributed by atoms with Crippen molar-refractivity contribution in [2.45, 2.75) is 12.8 Å². The third-order valence-corrected chi connectivity index (χ3v) is 4.83. The lowest BCUT2D eigenvalue weighted by atomic mass is 10.1. The standard InChI is InChI=1S/C22H20ClN3O4/c1-25(22(27)12-10-16-9-11-19(23)21(14-16)26(28)29)13-5-8-18-15-20(24-30-18)17-6-3-2-4-7-17/h2-4,6-7,9-12,14-15H,5,8,13H2,1H3/b12-10+. The number of nitro benzene ring substituents is 1. The van der Waals surface area contributed by atoms with Crippen LogP contribution in [0.15, 0.2) is 65.2 Å². The lowest BCUT2D eigenvalue weighted by molar-refractivity contribution is -0.384. The van der Waals surface area contributed by atoms with Gasteiger partial charge >= 0.3 is 0 Å². The molecule has 1 aromatic heterocycles. The third-order valence-electron chi connectivity index (χ3n) is 4.51. The first-order chi connectivity index (χ1) is 14.4. The first-order valence-corrected chi connectivity index (χ1v) is 9.70. The van der Waals surface area contributed by atoms with Crippen LogP contribution in [0.25, 0.3) is 17.3 Å². The van der Waals surface area contributed by atoms with Gasteiger partial charge in [0, 0.05) is 43.8 Å². The Morgan fingerprint density at radius 2 is 2.00 bits per heavy atom. The predicted octanol–water partition coefficient (Wildman–Crippen LogP) is 5.01. The molecule has 0 bridgehead atoms. The van der Waals surface area contributed by atoms with Gasteiger partial charge in [-0.25, -0.2) is 0 Å². The highest BCUT2D eigenvalue weighted by Crippen LogP contribution is 2.25. The second kappa shape index (κ2) is 9.84. The Hall–Kier alpha value is -3.45. The number of carbonyl (C=O) groups excluding carboxylic acids is 1. The zero-order valence-electron chi connectivity index (χ0n) is 16.3. The van der Waals surface area contributed by atoms with Crippen LogP contribution in [0.2, 0.25) is 5.02 Å². The first-order valence-electron chi connectivity index (χ1n) is 9.32. The van der Waals surface area contributed by atoms with E-state index in [1.165, 1.54) is 24.3 Å². The van der Waals surface area contributed by atoms with Crippen molar-refractivity contribution in [2.75, 3.05) is 13.6 Å². The summed E-state index contributed by atoms with van der Waals surface area (Å²) in [5.74, 6) is 0.564. The van der Waals surface area contributed by atoms with Gasteiger partial charge in [0.2, 0.25) is 5.91 Å². The summed E-state index contributed by atoms with van der Waals surface area (Å²) in [6.45, 7) is 0.533. The number of amides is 1. The maximum atomic E-state index is 12.3. The van der Waals surface area contributed by atoms with Crippen molar-refractivity contribution in [1.29, 1.82) is 0 Å². The van der Waals surface area contributed by atoms with Crippen molar-refractivity contribution in [3.8, 4) is 11.3 Å². The van der Waals surface area contributed by atoms with Crippen molar-refractivity contribution in [3.63, 3.8) is 0 Å². The molecule has 8 heteroatoms. The summed E-state index contributed by atoms with van der Waals surface area (Å²) < 4.78 is 5.37. The van der Waals surface area contributed by atoms with Gasteiger partial charge in [0.15, 0.2) is 0 Å². The number of aryl methyl sites for hydroxylation is 1. The number of carbonyl (C=O) groups is 1. The highest BCUT2D eigenvalue weighted by Gasteiger charge is 2.12. The monoisotopic (exact) mass is 425 g/mol. The number of nitro groups is 1. The topological polar surface area (TPSA) is 89.5 Å². The molecule has 0 aliphatic carbocycles. The molecule has 0 aliphatic heterocycles. The predicted molar refractivity (Wildman–Crippen MR) is 115 cm³/mol. The van der Waals surface area contributed by atoms with Gasteiger partial charge < -0.3 is 9.42 Å². The number of likely N-dealkylation sites (N-methyl/N-ethyl adjacent to an activating group) is 1. The van der Waals surface area contributed by atoms with Gasteiger partial charge in [0.05, 0.1) is 4.92 Å². The van der Waals surface area contributed by atoms with E-state index in [9.17, 15) is 14.9 Å². The fourth-order valence-electron chi connectivity index (χ4n) is 2.84. The normalized spacial score (nSPS) is 11.0. The van der Waals surface area contributed by atoms with Crippen molar-refractivity contribution < 1.29 is 14.2 Å². The molecule has 3 rings (SSSR count). The Morgan fingerprint density at radius 3 is 2.73 bits per heavy atom. The van der Waals surface area contributed by atoms with Crippen LogP contribution < -0.4 is 0 Å². The van der Waals surface area contributed by atoms with E-state index in [1.807, 2.05) is 36.4 Å². The fourth-order valence-corrected chi connectivity index (χ4v) is 3.03. The van der Waals surface area contributed by atoms with Crippen molar-refractivity contribution in [1.82, 2.24) is 10.1 Å². The number of rotatable bonds is 8.